The van der Waals surface area contributed by atoms with E-state index in [0.717, 1.165) is 25.4 Å². The largest absolute Gasteiger partial charge is 0.416 e. The number of nitrogens with zero attached hydrogens (tertiary/aromatic N) is 3. The average Bonchev–Trinajstić information content (AvgIpc) is 3.45. The number of fused-ring (bicyclic) bond motifs is 1. The molecule has 12 heteroatoms. The minimum atomic E-state index is -4.56. The van der Waals surface area contributed by atoms with E-state index in [1.807, 2.05) is 4.90 Å². The molecule has 6 N–H and O–H groups in total. The van der Waals surface area contributed by atoms with Crippen LogP contribution in [0.3, 0.4) is 0 Å². The highest BCUT2D eigenvalue weighted by atomic mass is 19.4. The molecule has 1 saturated heterocycles. The van der Waals surface area contributed by atoms with Crippen molar-refractivity contribution in [2.45, 2.75) is 20.0 Å². The van der Waals surface area contributed by atoms with Gasteiger partial charge in [-0.2, -0.15) is 13.2 Å². The Labute approximate surface area is 265 Å². The summed E-state index contributed by atoms with van der Waals surface area (Å²) < 4.78 is 59.2. The van der Waals surface area contributed by atoms with Crippen LogP contribution < -0.4 is 21.7 Å². The van der Waals surface area contributed by atoms with E-state index in [9.17, 15) is 17.6 Å². The summed E-state index contributed by atoms with van der Waals surface area (Å²) in [6.45, 7) is 10.2. The summed E-state index contributed by atoms with van der Waals surface area (Å²) in [4.78, 5) is 6.38. The molecule has 1 aromatic carbocycles. The summed E-state index contributed by atoms with van der Waals surface area (Å²) in [6, 6.07) is 7.74. The number of anilines is 1. The number of halogens is 4. The number of rotatable bonds is 10. The molecule has 3 aromatic rings. The number of hydrogen-bond donors (Lipinski definition) is 5. The van der Waals surface area contributed by atoms with Crippen molar-refractivity contribution in [1.82, 2.24) is 24.9 Å². The van der Waals surface area contributed by atoms with Crippen LogP contribution in [0.15, 0.2) is 96.3 Å². The van der Waals surface area contributed by atoms with Gasteiger partial charge in [0, 0.05) is 62.7 Å². The highest BCUT2D eigenvalue weighted by Gasteiger charge is 2.34. The van der Waals surface area contributed by atoms with Crippen molar-refractivity contribution in [2.75, 3.05) is 38.0 Å². The van der Waals surface area contributed by atoms with E-state index in [1.165, 1.54) is 43.6 Å². The lowest BCUT2D eigenvalue weighted by molar-refractivity contribution is -0.0893. The van der Waals surface area contributed by atoms with Crippen LogP contribution in [0.2, 0.25) is 0 Å². The van der Waals surface area contributed by atoms with Gasteiger partial charge in [0.15, 0.2) is 5.65 Å². The number of allylic oxidation sites excluding steroid dienone is 5. The fraction of sp³-hybridized carbons (Fsp3) is 0.235. The minimum absolute atomic E-state index is 0.0705. The van der Waals surface area contributed by atoms with Gasteiger partial charge in [0.1, 0.15) is 11.5 Å². The number of nitrogens with two attached hydrogens (primary N) is 1. The zero-order valence-corrected chi connectivity index (χ0v) is 25.6. The summed E-state index contributed by atoms with van der Waals surface area (Å²) in [7, 11) is 0. The zero-order valence-electron chi connectivity index (χ0n) is 25.6. The Balaban J connectivity index is 1.60. The highest BCUT2D eigenvalue weighted by Crippen LogP contribution is 2.31. The van der Waals surface area contributed by atoms with Gasteiger partial charge in [-0.3, -0.25) is 9.30 Å². The second kappa shape index (κ2) is 15.2. The first-order valence-electron chi connectivity index (χ1n) is 14.5. The number of pyridine rings is 1. The Morgan fingerprint density at radius 1 is 1.20 bits per heavy atom. The molecule has 0 bridgehead atoms. The van der Waals surface area contributed by atoms with E-state index in [0.29, 0.717) is 41.4 Å². The number of hydrogen-bond acceptors (Lipinski definition) is 7. The molecule has 0 saturated carbocycles. The zero-order chi connectivity index (χ0) is 33.3. The van der Waals surface area contributed by atoms with Crippen LogP contribution in [-0.2, 0) is 0 Å². The van der Waals surface area contributed by atoms with Crippen molar-refractivity contribution in [3.05, 3.63) is 119 Å². The molecular weight excluding hydrogens is 596 g/mol. The Kier molecular flexibility index (Phi) is 11.2. The first-order chi connectivity index (χ1) is 22.0. The predicted molar refractivity (Wildman–Crippen MR) is 175 cm³/mol. The fourth-order valence-electron chi connectivity index (χ4n) is 4.87. The fourth-order valence-corrected chi connectivity index (χ4v) is 4.87. The number of imidazole rings is 1. The summed E-state index contributed by atoms with van der Waals surface area (Å²) in [6.07, 6.45) is 5.29. The molecule has 0 spiro atoms. The Bertz CT molecular complexity index is 1780. The standard InChI is InChI=1S/C34H36F4N8/c1-4-6-27(18-30(34(36,37)38)23(2)22-45-15-12-41-13-16-45)43-24(3)25-9-11-31(35)26(17-25)8-10-29-21-42-33-32(7-5-14-46(29)33)44-28(19-39)20-40/h4-7,9,11,14,17-21,39,41,43-44H,3,12-13,15-16,22,40H2,1-2H3/b6-4-,27-18+,28-20+,30-23-,39-19?. The van der Waals surface area contributed by atoms with Crippen molar-refractivity contribution in [3.8, 4) is 11.8 Å². The maximum absolute atomic E-state index is 14.8. The Hall–Kier alpha value is -5.12. The number of piperazine rings is 1. The number of benzene rings is 1. The number of nitrogens with one attached hydrogen (secondary N) is 4. The predicted octanol–water partition coefficient (Wildman–Crippen LogP) is 5.54. The molecule has 0 aliphatic carbocycles. The topological polar surface area (TPSA) is 106 Å². The van der Waals surface area contributed by atoms with Gasteiger partial charge in [-0.05, 0) is 73.4 Å². The second-order valence-electron chi connectivity index (χ2n) is 10.5. The van der Waals surface area contributed by atoms with Crippen LogP contribution in [0, 0.1) is 23.1 Å². The van der Waals surface area contributed by atoms with Crippen molar-refractivity contribution in [1.29, 1.82) is 5.41 Å². The van der Waals surface area contributed by atoms with Crippen LogP contribution in [0.25, 0.3) is 11.3 Å². The molecule has 0 radical (unpaired) electrons. The molecule has 0 unspecified atom stereocenters. The van der Waals surface area contributed by atoms with Gasteiger partial charge < -0.3 is 27.1 Å². The van der Waals surface area contributed by atoms with Gasteiger partial charge in [-0.25, -0.2) is 9.37 Å². The van der Waals surface area contributed by atoms with Crippen molar-refractivity contribution < 1.29 is 17.6 Å². The maximum atomic E-state index is 14.8. The van der Waals surface area contributed by atoms with Gasteiger partial charge in [0.25, 0.3) is 0 Å². The van der Waals surface area contributed by atoms with Crippen molar-refractivity contribution in [2.24, 2.45) is 5.73 Å². The van der Waals surface area contributed by atoms with Crippen LogP contribution in [0.1, 0.15) is 30.7 Å². The summed E-state index contributed by atoms with van der Waals surface area (Å²) in [5.41, 5.74) is 7.97. The molecule has 1 aliphatic rings. The van der Waals surface area contributed by atoms with E-state index < -0.39 is 17.6 Å². The molecule has 8 nitrogen and oxygen atoms in total. The lowest BCUT2D eigenvalue weighted by Crippen LogP contribution is -2.44. The Morgan fingerprint density at radius 3 is 2.63 bits per heavy atom. The first-order valence-corrected chi connectivity index (χ1v) is 14.5. The minimum Gasteiger partial charge on any atom is -0.403 e. The van der Waals surface area contributed by atoms with Gasteiger partial charge >= 0.3 is 6.18 Å². The molecule has 0 amide bonds. The van der Waals surface area contributed by atoms with Crippen LogP contribution in [0.4, 0.5) is 23.2 Å². The molecule has 240 valence electrons. The molecule has 1 fully saturated rings. The van der Waals surface area contributed by atoms with Crippen molar-refractivity contribution >= 4 is 23.2 Å². The van der Waals surface area contributed by atoms with E-state index in [1.54, 1.807) is 35.7 Å². The lowest BCUT2D eigenvalue weighted by Gasteiger charge is -2.28. The van der Waals surface area contributed by atoms with Crippen LogP contribution >= 0.6 is 0 Å². The van der Waals surface area contributed by atoms with Gasteiger partial charge in [0.05, 0.1) is 28.7 Å². The van der Waals surface area contributed by atoms with Gasteiger partial charge in [-0.15, -0.1) is 0 Å². The van der Waals surface area contributed by atoms with Gasteiger partial charge in [0.2, 0.25) is 0 Å². The third kappa shape index (κ3) is 8.53. The summed E-state index contributed by atoms with van der Waals surface area (Å²) in [5.74, 6) is 5.20. The monoisotopic (exact) mass is 632 g/mol. The quantitative estimate of drug-likeness (QED) is 0.0871. The molecule has 4 rings (SSSR count). The number of aromatic nitrogens is 2. The maximum Gasteiger partial charge on any atom is 0.416 e. The van der Waals surface area contributed by atoms with E-state index in [2.05, 4.69) is 39.4 Å². The first kappa shape index (κ1) is 33.8. The normalized spacial score (nSPS) is 15.3. The lowest BCUT2D eigenvalue weighted by atomic mass is 10.1. The van der Waals surface area contributed by atoms with E-state index >= 15 is 0 Å². The summed E-state index contributed by atoms with van der Waals surface area (Å²) >= 11 is 0. The third-order valence-corrected chi connectivity index (χ3v) is 7.17. The second-order valence-corrected chi connectivity index (χ2v) is 10.5. The van der Waals surface area contributed by atoms with Gasteiger partial charge in [-0.1, -0.05) is 18.6 Å². The Morgan fingerprint density at radius 2 is 1.96 bits per heavy atom. The average molecular weight is 633 g/mol. The van der Waals surface area contributed by atoms with Crippen molar-refractivity contribution in [3.63, 3.8) is 0 Å². The highest BCUT2D eigenvalue weighted by molar-refractivity contribution is 5.84. The van der Waals surface area contributed by atoms with Crippen LogP contribution in [0.5, 0.6) is 0 Å². The smallest absolute Gasteiger partial charge is 0.403 e. The molecule has 1 aliphatic heterocycles. The summed E-state index contributed by atoms with van der Waals surface area (Å²) in [5, 5.41) is 16.6. The SMILES string of the molecule is C=C(NC(/C=C\C)=C/C(=C(\C)CN1CCNCC1)C(F)(F)F)c1ccc(F)c(C#Cc2cnc3c(N/C(C=N)=C/N)cccn23)c1. The third-order valence-electron chi connectivity index (χ3n) is 7.17. The molecule has 0 atom stereocenters. The molecule has 3 heterocycles. The number of alkyl halides is 3. The molecule has 2 aromatic heterocycles. The molecular formula is C34H36F4N8. The van der Waals surface area contributed by atoms with E-state index in [-0.39, 0.29) is 29.1 Å². The van der Waals surface area contributed by atoms with E-state index in [4.69, 9.17) is 11.1 Å². The molecule has 46 heavy (non-hydrogen) atoms. The van der Waals surface area contributed by atoms with Crippen LogP contribution in [-0.4, -0.2) is 59.4 Å².